The van der Waals surface area contributed by atoms with Crippen molar-refractivity contribution >= 4 is 28.3 Å². The Morgan fingerprint density at radius 1 is 1.21 bits per heavy atom. The van der Waals surface area contributed by atoms with Crippen molar-refractivity contribution < 1.29 is 9.68 Å². The third-order valence-electron chi connectivity index (χ3n) is 6.02. The van der Waals surface area contributed by atoms with Gasteiger partial charge in [0.25, 0.3) is 0 Å². The summed E-state index contributed by atoms with van der Waals surface area (Å²) < 4.78 is 2.33. The molecule has 144 valence electrons. The fourth-order valence-corrected chi connectivity index (χ4v) is 4.50. The molecular weight excluding hydrogens is 352 g/mol. The predicted octanol–water partition coefficient (Wildman–Crippen LogP) is 2.61. The van der Waals surface area contributed by atoms with Gasteiger partial charge in [-0.15, -0.1) is 0 Å². The van der Waals surface area contributed by atoms with Gasteiger partial charge in [0.15, 0.2) is 11.3 Å². The van der Waals surface area contributed by atoms with Gasteiger partial charge in [0.2, 0.25) is 6.33 Å². The van der Waals surface area contributed by atoms with Gasteiger partial charge < -0.3 is 20.7 Å². The lowest BCUT2D eigenvalue weighted by atomic mass is 9.95. The summed E-state index contributed by atoms with van der Waals surface area (Å²) in [7, 11) is 0. The largest absolute Gasteiger partial charge is 0.508 e. The molecule has 0 spiro atoms. The number of phenols is 1. The molecule has 7 heteroatoms. The summed E-state index contributed by atoms with van der Waals surface area (Å²) in [4.78, 5) is 14.7. The van der Waals surface area contributed by atoms with Crippen LogP contribution < -0.4 is 5.73 Å². The summed E-state index contributed by atoms with van der Waals surface area (Å²) in [5.41, 5.74) is 10.2. The van der Waals surface area contributed by atoms with Gasteiger partial charge in [-0.3, -0.25) is 0 Å². The Morgan fingerprint density at radius 2 is 2.00 bits per heavy atom. The number of rotatable bonds is 3. The highest BCUT2D eigenvalue weighted by atomic mass is 16.3. The molecule has 0 atom stereocenters. The summed E-state index contributed by atoms with van der Waals surface area (Å²) in [5, 5.41) is 10.8. The number of nitrogens with zero attached hydrogens (tertiary/aromatic N) is 4. The van der Waals surface area contributed by atoms with Gasteiger partial charge in [0, 0.05) is 42.9 Å². The SMILES string of the molecule is CC(C)N1CCC([N+]2=C(c3cc4cc(O)ccc4[nH]3)c3c(N)ncnc32)CC1. The Kier molecular flexibility index (Phi) is 3.87. The molecule has 4 N–H and O–H groups in total. The van der Waals surface area contributed by atoms with Crippen LogP contribution in [0.2, 0.25) is 0 Å². The van der Waals surface area contributed by atoms with E-state index in [9.17, 15) is 5.11 Å². The van der Waals surface area contributed by atoms with Crippen molar-refractivity contribution in [3.05, 3.63) is 41.9 Å². The average molecular weight is 377 g/mol. The topological polar surface area (TPSA) is 94.1 Å². The van der Waals surface area contributed by atoms with Crippen LogP contribution in [0.3, 0.4) is 0 Å². The Hall–Kier alpha value is -2.93. The number of anilines is 1. The number of fused-ring (bicyclic) bond motifs is 2. The number of benzene rings is 1. The lowest BCUT2D eigenvalue weighted by Gasteiger charge is -2.36. The molecule has 2 aromatic heterocycles. The highest BCUT2D eigenvalue weighted by Crippen LogP contribution is 2.37. The molecule has 0 amide bonds. The molecule has 1 saturated heterocycles. The molecule has 0 unspecified atom stereocenters. The van der Waals surface area contributed by atoms with Gasteiger partial charge in [-0.2, -0.15) is 4.98 Å². The monoisotopic (exact) mass is 377 g/mol. The fraction of sp³-hybridized carbons (Fsp3) is 0.381. The molecule has 1 aromatic carbocycles. The average Bonchev–Trinajstić information content (AvgIpc) is 3.06. The Balaban J connectivity index is 1.58. The third kappa shape index (κ3) is 2.57. The minimum Gasteiger partial charge on any atom is -0.508 e. The number of aromatic amines is 1. The van der Waals surface area contributed by atoms with Gasteiger partial charge in [0.05, 0.1) is 5.69 Å². The smallest absolute Gasteiger partial charge is 0.341 e. The van der Waals surface area contributed by atoms with Crippen molar-refractivity contribution in [1.82, 2.24) is 19.9 Å². The first kappa shape index (κ1) is 17.2. The van der Waals surface area contributed by atoms with E-state index < -0.39 is 0 Å². The minimum atomic E-state index is 0.262. The summed E-state index contributed by atoms with van der Waals surface area (Å²) in [6.45, 7) is 6.68. The number of nitrogens with one attached hydrogen (secondary N) is 1. The van der Waals surface area contributed by atoms with E-state index >= 15 is 0 Å². The van der Waals surface area contributed by atoms with E-state index in [0.717, 1.165) is 59.6 Å². The molecule has 0 bridgehead atoms. The van der Waals surface area contributed by atoms with Crippen molar-refractivity contribution in [2.75, 3.05) is 18.8 Å². The standard InChI is InChI=1S/C21H24N6O/c1-12(2)26-7-5-14(6-8-26)27-19(18-20(22)23-11-24-21(18)27)17-10-13-9-15(28)3-4-16(13)25-17/h3-4,9-12,14H,5-8H2,1-2H3,(H3,22,23,24,25,28)/p+1. The number of phenolic OH excluding ortho intramolecular Hbond substituents is 1. The second-order valence-electron chi connectivity index (χ2n) is 7.99. The first-order valence-electron chi connectivity index (χ1n) is 9.86. The molecule has 7 nitrogen and oxygen atoms in total. The van der Waals surface area contributed by atoms with E-state index in [-0.39, 0.29) is 5.75 Å². The Morgan fingerprint density at radius 3 is 2.75 bits per heavy atom. The molecule has 28 heavy (non-hydrogen) atoms. The van der Waals surface area contributed by atoms with E-state index in [2.05, 4.69) is 44.3 Å². The number of nitrogen functional groups attached to an aromatic ring is 1. The second-order valence-corrected chi connectivity index (χ2v) is 7.99. The lowest BCUT2D eigenvalue weighted by molar-refractivity contribution is -0.504. The molecule has 1 fully saturated rings. The van der Waals surface area contributed by atoms with Crippen LogP contribution in [0.1, 0.15) is 37.9 Å². The van der Waals surface area contributed by atoms with Crippen LogP contribution in [0, 0.1) is 0 Å². The van der Waals surface area contributed by atoms with E-state index in [0.29, 0.717) is 17.9 Å². The van der Waals surface area contributed by atoms with Crippen LogP contribution in [-0.4, -0.2) is 60.4 Å². The van der Waals surface area contributed by atoms with Crippen LogP contribution in [0.4, 0.5) is 11.6 Å². The summed E-state index contributed by atoms with van der Waals surface area (Å²) in [6, 6.07) is 8.39. The van der Waals surface area contributed by atoms with Crippen LogP contribution >= 0.6 is 0 Å². The zero-order valence-corrected chi connectivity index (χ0v) is 16.2. The zero-order chi connectivity index (χ0) is 19.4. The molecule has 2 aliphatic rings. The molecule has 0 aliphatic carbocycles. The molecule has 5 rings (SSSR count). The van der Waals surface area contributed by atoms with Crippen molar-refractivity contribution in [3.8, 4) is 5.75 Å². The highest BCUT2D eigenvalue weighted by Gasteiger charge is 2.44. The van der Waals surface area contributed by atoms with E-state index in [4.69, 9.17) is 5.73 Å². The van der Waals surface area contributed by atoms with Gasteiger partial charge >= 0.3 is 5.82 Å². The molecule has 2 aliphatic heterocycles. The normalized spacial score (nSPS) is 18.0. The maximum absolute atomic E-state index is 9.80. The van der Waals surface area contributed by atoms with Crippen LogP contribution in [0.25, 0.3) is 10.9 Å². The van der Waals surface area contributed by atoms with Crippen molar-refractivity contribution in [2.45, 2.75) is 38.8 Å². The fourth-order valence-electron chi connectivity index (χ4n) is 4.50. The van der Waals surface area contributed by atoms with Crippen molar-refractivity contribution in [1.29, 1.82) is 0 Å². The second kappa shape index (κ2) is 6.31. The van der Waals surface area contributed by atoms with Crippen molar-refractivity contribution in [3.63, 3.8) is 0 Å². The van der Waals surface area contributed by atoms with Crippen LogP contribution in [0.15, 0.2) is 30.6 Å². The van der Waals surface area contributed by atoms with E-state index in [1.807, 2.05) is 6.07 Å². The quantitative estimate of drug-likeness (QED) is 0.610. The highest BCUT2D eigenvalue weighted by molar-refractivity contribution is 6.18. The number of nitrogens with two attached hydrogens (primary N) is 1. The number of piperidine rings is 1. The van der Waals surface area contributed by atoms with Gasteiger partial charge in [0.1, 0.15) is 17.6 Å². The molecular formula is C21H25N6O+. The zero-order valence-electron chi connectivity index (χ0n) is 16.2. The number of aromatic nitrogens is 3. The molecule has 3 aromatic rings. The summed E-state index contributed by atoms with van der Waals surface area (Å²) in [5.74, 6) is 1.70. The molecule has 0 saturated carbocycles. The Labute approximate surface area is 163 Å². The van der Waals surface area contributed by atoms with Crippen LogP contribution in [0.5, 0.6) is 5.75 Å². The van der Waals surface area contributed by atoms with E-state index in [1.165, 1.54) is 0 Å². The lowest BCUT2D eigenvalue weighted by Crippen LogP contribution is -2.47. The van der Waals surface area contributed by atoms with Gasteiger partial charge in [-0.25, -0.2) is 4.58 Å². The molecule has 0 radical (unpaired) electrons. The van der Waals surface area contributed by atoms with Gasteiger partial charge in [-0.1, -0.05) is 0 Å². The number of aromatic hydroxyl groups is 1. The van der Waals surface area contributed by atoms with E-state index in [1.54, 1.807) is 18.5 Å². The first-order valence-corrected chi connectivity index (χ1v) is 9.86. The van der Waals surface area contributed by atoms with Gasteiger partial charge in [-0.05, 0) is 43.1 Å². The number of likely N-dealkylation sites (tertiary alicyclic amines) is 1. The maximum atomic E-state index is 9.80. The summed E-state index contributed by atoms with van der Waals surface area (Å²) in [6.07, 6.45) is 3.72. The third-order valence-corrected chi connectivity index (χ3v) is 6.02. The first-order chi connectivity index (χ1) is 13.5. The predicted molar refractivity (Wildman–Crippen MR) is 109 cm³/mol. The maximum Gasteiger partial charge on any atom is 0.341 e. The Bertz CT molecular complexity index is 1090. The van der Waals surface area contributed by atoms with Crippen molar-refractivity contribution in [2.24, 2.45) is 0 Å². The summed E-state index contributed by atoms with van der Waals surface area (Å²) >= 11 is 0. The number of H-pyrrole nitrogens is 1. The molecule has 4 heterocycles. The minimum absolute atomic E-state index is 0.262. The van der Waals surface area contributed by atoms with Crippen LogP contribution in [-0.2, 0) is 0 Å². The number of hydrogen-bond donors (Lipinski definition) is 3. The number of hydrogen-bond acceptors (Lipinski definition) is 5.